The zero-order valence-corrected chi connectivity index (χ0v) is 17.4. The maximum Gasteiger partial charge on any atom is 0.302 e. The molecule has 0 spiro atoms. The number of rotatable bonds is 2. The summed E-state index contributed by atoms with van der Waals surface area (Å²) < 4.78 is 5.94. The van der Waals surface area contributed by atoms with Gasteiger partial charge in [-0.1, -0.05) is 13.8 Å². The lowest BCUT2D eigenvalue weighted by Crippen LogP contribution is -2.59. The third-order valence-corrected chi connectivity index (χ3v) is 9.51. The number of fused-ring (bicyclic) bond motifs is 5. The third-order valence-electron chi connectivity index (χ3n) is 9.51. The summed E-state index contributed by atoms with van der Waals surface area (Å²) in [5.74, 6) is 2.28. The van der Waals surface area contributed by atoms with Crippen LogP contribution in [0.3, 0.4) is 0 Å². The lowest BCUT2D eigenvalue weighted by Gasteiger charge is -2.62. The van der Waals surface area contributed by atoms with Crippen LogP contribution >= 0.6 is 0 Å². The molecular formula is C23H36O4. The largest absolute Gasteiger partial charge is 0.462 e. The molecule has 9 unspecified atom stereocenters. The number of ether oxygens (including phenoxy) is 1. The van der Waals surface area contributed by atoms with Crippen molar-refractivity contribution in [3.8, 4) is 0 Å². The second-order valence-corrected chi connectivity index (χ2v) is 10.5. The number of ketones is 1. The van der Waals surface area contributed by atoms with Gasteiger partial charge in [-0.05, 0) is 87.4 Å². The van der Waals surface area contributed by atoms with E-state index in [0.717, 1.165) is 38.5 Å². The van der Waals surface area contributed by atoms with Gasteiger partial charge < -0.3 is 9.84 Å². The lowest BCUT2D eigenvalue weighted by molar-refractivity contribution is -0.194. The third kappa shape index (κ3) is 2.81. The SMILES string of the molecule is CC(=O)OC1CC2C(CCC3CC(O)CCC32C)C2CCC(C(C)=O)C12C. The Bertz CT molecular complexity index is 630. The quantitative estimate of drug-likeness (QED) is 0.736. The van der Waals surface area contributed by atoms with E-state index in [4.69, 9.17) is 4.74 Å². The molecule has 0 aromatic heterocycles. The van der Waals surface area contributed by atoms with E-state index in [9.17, 15) is 14.7 Å². The van der Waals surface area contributed by atoms with Gasteiger partial charge in [0.1, 0.15) is 11.9 Å². The van der Waals surface area contributed by atoms with E-state index >= 15 is 0 Å². The maximum atomic E-state index is 12.5. The highest BCUT2D eigenvalue weighted by Crippen LogP contribution is 2.68. The fraction of sp³-hybridized carbons (Fsp3) is 0.913. The van der Waals surface area contributed by atoms with E-state index in [1.807, 2.05) is 0 Å². The van der Waals surface area contributed by atoms with E-state index in [1.165, 1.54) is 19.8 Å². The van der Waals surface area contributed by atoms with Crippen LogP contribution in [0, 0.1) is 40.4 Å². The van der Waals surface area contributed by atoms with Gasteiger partial charge in [0, 0.05) is 18.3 Å². The number of hydrogen-bond donors (Lipinski definition) is 1. The molecule has 0 amide bonds. The van der Waals surface area contributed by atoms with E-state index in [2.05, 4.69) is 13.8 Å². The zero-order chi connectivity index (χ0) is 19.6. The number of carbonyl (C=O) groups excluding carboxylic acids is 2. The molecule has 0 aliphatic heterocycles. The first-order valence-electron chi connectivity index (χ1n) is 11.0. The minimum atomic E-state index is -0.218. The van der Waals surface area contributed by atoms with Crippen LogP contribution in [0.15, 0.2) is 0 Å². The highest BCUT2D eigenvalue weighted by atomic mass is 16.5. The van der Waals surface area contributed by atoms with Crippen molar-refractivity contribution in [3.05, 3.63) is 0 Å². The fourth-order valence-electron chi connectivity index (χ4n) is 8.21. The van der Waals surface area contributed by atoms with Crippen molar-refractivity contribution in [1.82, 2.24) is 0 Å². The van der Waals surface area contributed by atoms with Gasteiger partial charge in [0.25, 0.3) is 0 Å². The Morgan fingerprint density at radius 3 is 2.37 bits per heavy atom. The zero-order valence-electron chi connectivity index (χ0n) is 17.4. The van der Waals surface area contributed by atoms with E-state index in [1.54, 1.807) is 6.92 Å². The van der Waals surface area contributed by atoms with Crippen LogP contribution in [0.25, 0.3) is 0 Å². The molecule has 0 saturated heterocycles. The summed E-state index contributed by atoms with van der Waals surface area (Å²) in [6.07, 6.45) is 7.92. The van der Waals surface area contributed by atoms with Gasteiger partial charge in [0.15, 0.2) is 0 Å². The predicted molar refractivity (Wildman–Crippen MR) is 103 cm³/mol. The molecule has 0 radical (unpaired) electrons. The number of esters is 1. The Labute approximate surface area is 163 Å². The number of aliphatic hydroxyl groups excluding tert-OH is 1. The summed E-state index contributed by atoms with van der Waals surface area (Å²) in [4.78, 5) is 24.4. The standard InChI is InChI=1S/C23H36O4/c1-13(24)18-7-8-19-17-6-5-15-11-16(26)9-10-22(15,3)20(17)12-21(23(18,19)4)27-14(2)25/h15-21,26H,5-12H2,1-4H3. The Kier molecular flexibility index (Phi) is 4.73. The highest BCUT2D eigenvalue weighted by molar-refractivity contribution is 5.80. The van der Waals surface area contributed by atoms with Crippen molar-refractivity contribution < 1.29 is 19.4 Å². The number of aliphatic hydroxyl groups is 1. The first-order valence-corrected chi connectivity index (χ1v) is 11.0. The van der Waals surface area contributed by atoms with Crippen molar-refractivity contribution in [2.75, 3.05) is 0 Å². The minimum Gasteiger partial charge on any atom is -0.462 e. The van der Waals surface area contributed by atoms with Crippen molar-refractivity contribution in [2.45, 2.75) is 91.3 Å². The molecule has 4 aliphatic rings. The van der Waals surface area contributed by atoms with Gasteiger partial charge in [-0.3, -0.25) is 9.59 Å². The molecule has 27 heavy (non-hydrogen) atoms. The van der Waals surface area contributed by atoms with Crippen LogP contribution in [0.4, 0.5) is 0 Å². The number of hydrogen-bond acceptors (Lipinski definition) is 4. The predicted octanol–water partition coefficient (Wildman–Crippen LogP) is 4.14. The maximum absolute atomic E-state index is 12.5. The molecular weight excluding hydrogens is 340 g/mol. The first kappa shape index (κ1) is 19.4. The van der Waals surface area contributed by atoms with E-state index in [0.29, 0.717) is 23.7 Å². The molecule has 4 heteroatoms. The van der Waals surface area contributed by atoms with Crippen LogP contribution in [-0.4, -0.2) is 29.1 Å². The summed E-state index contributed by atoms with van der Waals surface area (Å²) in [6, 6.07) is 0. The van der Waals surface area contributed by atoms with Crippen molar-refractivity contribution in [1.29, 1.82) is 0 Å². The summed E-state index contributed by atoms with van der Waals surface area (Å²) in [7, 11) is 0. The van der Waals surface area contributed by atoms with Crippen LogP contribution < -0.4 is 0 Å². The summed E-state index contributed by atoms with van der Waals surface area (Å²) in [5.41, 5.74) is 0.0201. The Balaban J connectivity index is 1.71. The second-order valence-electron chi connectivity index (χ2n) is 10.5. The number of Topliss-reactive ketones (excluding diaryl/α,β-unsaturated/α-hetero) is 1. The highest BCUT2D eigenvalue weighted by Gasteiger charge is 2.65. The molecule has 4 rings (SSSR count). The number of carbonyl (C=O) groups is 2. The van der Waals surface area contributed by atoms with Crippen LogP contribution in [0.1, 0.15) is 79.1 Å². The molecule has 4 fully saturated rings. The van der Waals surface area contributed by atoms with Gasteiger partial charge in [-0.25, -0.2) is 0 Å². The minimum absolute atomic E-state index is 0.0199. The normalized spacial score (nSPS) is 51.7. The smallest absolute Gasteiger partial charge is 0.302 e. The second kappa shape index (κ2) is 6.57. The van der Waals surface area contributed by atoms with Gasteiger partial charge in [-0.2, -0.15) is 0 Å². The molecule has 0 aromatic carbocycles. The van der Waals surface area contributed by atoms with Gasteiger partial charge in [-0.15, -0.1) is 0 Å². The van der Waals surface area contributed by atoms with Crippen LogP contribution in [0.5, 0.6) is 0 Å². The molecule has 4 nitrogen and oxygen atoms in total. The molecule has 0 aromatic rings. The van der Waals surface area contributed by atoms with E-state index in [-0.39, 0.29) is 40.7 Å². The Morgan fingerprint density at radius 2 is 1.70 bits per heavy atom. The van der Waals surface area contributed by atoms with Crippen molar-refractivity contribution >= 4 is 11.8 Å². The molecule has 1 N–H and O–H groups in total. The first-order chi connectivity index (χ1) is 12.7. The van der Waals surface area contributed by atoms with Gasteiger partial charge in [0.05, 0.1) is 6.10 Å². The summed E-state index contributed by atoms with van der Waals surface area (Å²) >= 11 is 0. The topological polar surface area (TPSA) is 63.6 Å². The summed E-state index contributed by atoms with van der Waals surface area (Å²) in [5, 5.41) is 10.2. The Morgan fingerprint density at radius 1 is 0.963 bits per heavy atom. The molecule has 152 valence electrons. The van der Waals surface area contributed by atoms with Crippen molar-refractivity contribution in [3.63, 3.8) is 0 Å². The fourth-order valence-corrected chi connectivity index (χ4v) is 8.21. The monoisotopic (exact) mass is 376 g/mol. The van der Waals surface area contributed by atoms with Crippen LogP contribution in [0.2, 0.25) is 0 Å². The average molecular weight is 377 g/mol. The van der Waals surface area contributed by atoms with E-state index < -0.39 is 0 Å². The van der Waals surface area contributed by atoms with Gasteiger partial charge >= 0.3 is 5.97 Å². The molecule has 4 aliphatic carbocycles. The molecule has 9 atom stereocenters. The Hall–Kier alpha value is -0.900. The average Bonchev–Trinajstić information content (AvgIpc) is 2.95. The molecule has 0 heterocycles. The molecule has 4 saturated carbocycles. The summed E-state index contributed by atoms with van der Waals surface area (Å²) in [6.45, 7) is 7.89. The van der Waals surface area contributed by atoms with Crippen molar-refractivity contribution in [2.24, 2.45) is 40.4 Å². The lowest BCUT2D eigenvalue weighted by atomic mass is 9.44. The molecule has 0 bridgehead atoms. The van der Waals surface area contributed by atoms with Crippen LogP contribution in [-0.2, 0) is 14.3 Å². The van der Waals surface area contributed by atoms with Gasteiger partial charge in [0.2, 0.25) is 0 Å².